The van der Waals surface area contributed by atoms with Crippen molar-refractivity contribution in [3.05, 3.63) is 72.8 Å². The third-order valence-corrected chi connectivity index (χ3v) is 6.01. The van der Waals surface area contributed by atoms with Gasteiger partial charge in [0.2, 0.25) is 0 Å². The predicted octanol–water partition coefficient (Wildman–Crippen LogP) is 6.53. The molecule has 0 unspecified atom stereocenters. The fourth-order valence-corrected chi connectivity index (χ4v) is 5.02. The van der Waals surface area contributed by atoms with E-state index in [0.717, 1.165) is 21.9 Å². The molecule has 0 atom stereocenters. The minimum absolute atomic E-state index is 0.869. The summed E-state index contributed by atoms with van der Waals surface area (Å²) in [4.78, 5) is 0. The number of fused-ring (bicyclic) bond motifs is 7. The Kier molecular flexibility index (Phi) is 3.21. The van der Waals surface area contributed by atoms with Gasteiger partial charge in [0, 0.05) is 0 Å². The van der Waals surface area contributed by atoms with Gasteiger partial charge in [-0.25, -0.2) is 0 Å². The van der Waals surface area contributed by atoms with Gasteiger partial charge in [0.1, 0.15) is 0 Å². The van der Waals surface area contributed by atoms with Crippen LogP contribution in [-0.4, -0.2) is 15.6 Å². The Morgan fingerprint density at radius 1 is 0.583 bits per heavy atom. The Bertz CT molecular complexity index is 1180. The van der Waals surface area contributed by atoms with Gasteiger partial charge in [-0.15, -0.1) is 0 Å². The Morgan fingerprint density at radius 2 is 1.04 bits per heavy atom. The van der Waals surface area contributed by atoms with Crippen LogP contribution in [0.3, 0.4) is 0 Å². The van der Waals surface area contributed by atoms with Gasteiger partial charge >= 0.3 is 147 Å². The third-order valence-electron chi connectivity index (χ3n) is 4.38. The molecule has 1 heterocycles. The van der Waals surface area contributed by atoms with Crippen molar-refractivity contribution in [2.24, 2.45) is 0 Å². The summed E-state index contributed by atoms with van der Waals surface area (Å²) in [5.41, 5.74) is 1.74. The summed E-state index contributed by atoms with van der Waals surface area (Å²) in [5, 5.41) is 6.98. The van der Waals surface area contributed by atoms with Crippen molar-refractivity contribution in [3.63, 3.8) is 0 Å². The molecule has 0 bridgehead atoms. The van der Waals surface area contributed by atoms with Gasteiger partial charge in [-0.1, -0.05) is 0 Å². The molecule has 0 saturated heterocycles. The van der Waals surface area contributed by atoms with E-state index >= 15 is 0 Å². The first kappa shape index (κ1) is 14.2. The van der Waals surface area contributed by atoms with E-state index in [1.165, 1.54) is 21.5 Å². The van der Waals surface area contributed by atoms with Crippen molar-refractivity contribution in [2.45, 2.75) is 0 Å². The zero-order chi connectivity index (χ0) is 16.1. The summed E-state index contributed by atoms with van der Waals surface area (Å²) in [6.07, 6.45) is 0. The zero-order valence-corrected chi connectivity index (χ0v) is 15.2. The van der Waals surface area contributed by atoms with Crippen LogP contribution in [0.15, 0.2) is 81.2 Å². The van der Waals surface area contributed by atoms with E-state index in [1.54, 1.807) is 0 Å². The normalized spacial score (nSPS) is 11.5. The quantitative estimate of drug-likeness (QED) is 0.279. The first-order valence-corrected chi connectivity index (χ1v) is 11.1. The van der Waals surface area contributed by atoms with Gasteiger partial charge in [0.05, 0.1) is 0 Å². The maximum atomic E-state index is 6.08. The SMILES string of the molecule is [Se-]p1oc2ccc3ccccc3c2c2c(ccc3ccccc32)o1. The van der Waals surface area contributed by atoms with Gasteiger partial charge < -0.3 is 0 Å². The number of hydrogen-bond acceptors (Lipinski definition) is 2. The second-order valence-electron chi connectivity index (χ2n) is 5.73. The molecule has 116 valence electrons. The van der Waals surface area contributed by atoms with Gasteiger partial charge in [-0.05, 0) is 0 Å². The molecule has 0 amide bonds. The van der Waals surface area contributed by atoms with Crippen LogP contribution >= 0.6 is 6.70 Å². The standard InChI is InChI=1S/C20H12O2PSe/c24-23-21-17-11-9-13-5-1-3-7-15(13)19(17)20-16-8-4-2-6-14(16)10-12-18(20)22-23/h1-12H/q-1. The average molecular weight is 394 g/mol. The van der Waals surface area contributed by atoms with Crippen LogP contribution in [0.4, 0.5) is 0 Å². The molecule has 0 aliphatic rings. The van der Waals surface area contributed by atoms with Crippen LogP contribution < -0.4 is 0 Å². The molecule has 0 radical (unpaired) electrons. The van der Waals surface area contributed by atoms with Crippen LogP contribution in [0.1, 0.15) is 0 Å². The van der Waals surface area contributed by atoms with Crippen LogP contribution in [0, 0.1) is 0 Å². The first-order chi connectivity index (χ1) is 11.8. The Hall–Kier alpha value is -2.18. The average Bonchev–Trinajstić information content (AvgIpc) is 2.77. The van der Waals surface area contributed by atoms with E-state index in [1.807, 2.05) is 12.1 Å². The molecule has 4 heteroatoms. The second-order valence-corrected chi connectivity index (χ2v) is 8.41. The van der Waals surface area contributed by atoms with Crippen molar-refractivity contribution < 1.29 is 8.39 Å². The molecule has 24 heavy (non-hydrogen) atoms. The van der Waals surface area contributed by atoms with E-state index in [0.29, 0.717) is 0 Å². The Balaban J connectivity index is 2.23. The topological polar surface area (TPSA) is 26.3 Å². The van der Waals surface area contributed by atoms with Crippen molar-refractivity contribution in [3.8, 4) is 0 Å². The molecule has 0 saturated carbocycles. The van der Waals surface area contributed by atoms with Crippen molar-refractivity contribution >= 4 is 65.8 Å². The van der Waals surface area contributed by atoms with E-state index < -0.39 is 6.70 Å². The van der Waals surface area contributed by atoms with Crippen molar-refractivity contribution in [1.82, 2.24) is 0 Å². The molecule has 1 aromatic heterocycles. The summed E-state index contributed by atoms with van der Waals surface area (Å²) in [6.45, 7) is -1.13. The van der Waals surface area contributed by atoms with Crippen LogP contribution in [0.25, 0.3) is 43.5 Å². The molecule has 5 rings (SSSR count). The fraction of sp³-hybridized carbons (Fsp3) is 0. The third kappa shape index (κ3) is 2.10. The number of hydrogen-bond donors (Lipinski definition) is 0. The van der Waals surface area contributed by atoms with Crippen LogP contribution in [-0.2, 0) is 0 Å². The minimum atomic E-state index is -1.13. The molecule has 0 spiro atoms. The van der Waals surface area contributed by atoms with E-state index in [9.17, 15) is 0 Å². The van der Waals surface area contributed by atoms with Gasteiger partial charge in [0.15, 0.2) is 0 Å². The first-order valence-electron chi connectivity index (χ1n) is 7.68. The van der Waals surface area contributed by atoms with Gasteiger partial charge in [-0.3, -0.25) is 0 Å². The molecule has 0 aliphatic carbocycles. The summed E-state index contributed by atoms with van der Waals surface area (Å²) in [7, 11) is 0. The van der Waals surface area contributed by atoms with Crippen molar-refractivity contribution in [1.29, 1.82) is 0 Å². The van der Waals surface area contributed by atoms with E-state index in [4.69, 9.17) is 8.39 Å². The Labute approximate surface area is 147 Å². The van der Waals surface area contributed by atoms with Crippen molar-refractivity contribution in [2.75, 3.05) is 0 Å². The summed E-state index contributed by atoms with van der Waals surface area (Å²) in [5.74, 6) is 0. The molecular formula is C20H12O2PSe-. The monoisotopic (exact) mass is 395 g/mol. The molecule has 5 aromatic rings. The molecule has 0 N–H and O–H groups in total. The predicted molar refractivity (Wildman–Crippen MR) is 102 cm³/mol. The Morgan fingerprint density at radius 3 is 1.54 bits per heavy atom. The number of benzene rings is 4. The molecular weight excluding hydrogens is 382 g/mol. The summed E-state index contributed by atoms with van der Waals surface area (Å²) >= 11 is 3.02. The van der Waals surface area contributed by atoms with Gasteiger partial charge in [0.25, 0.3) is 0 Å². The molecule has 0 fully saturated rings. The van der Waals surface area contributed by atoms with Gasteiger partial charge in [-0.2, -0.15) is 0 Å². The molecule has 4 aromatic carbocycles. The maximum absolute atomic E-state index is 6.08. The molecule has 2 nitrogen and oxygen atoms in total. The second kappa shape index (κ2) is 5.43. The summed E-state index contributed by atoms with van der Waals surface area (Å²) < 4.78 is 12.2. The van der Waals surface area contributed by atoms with Crippen LogP contribution in [0.5, 0.6) is 0 Å². The zero-order valence-electron chi connectivity index (χ0n) is 12.6. The number of rotatable bonds is 0. The molecule has 0 aliphatic heterocycles. The van der Waals surface area contributed by atoms with Crippen LogP contribution in [0.2, 0.25) is 0 Å². The fourth-order valence-electron chi connectivity index (χ4n) is 3.35. The van der Waals surface area contributed by atoms with E-state index in [-0.39, 0.29) is 0 Å². The summed E-state index contributed by atoms with van der Waals surface area (Å²) in [6, 6.07) is 25.1. The van der Waals surface area contributed by atoms with E-state index in [2.05, 4.69) is 76.2 Å².